The molecule has 5 amide bonds. The molecular weight excluding hydrogens is 655 g/mol. The van der Waals surface area contributed by atoms with E-state index in [0.29, 0.717) is 71.1 Å². The third-order valence-corrected chi connectivity index (χ3v) is 10.6. The first-order valence-electron chi connectivity index (χ1n) is 16.5. The summed E-state index contributed by atoms with van der Waals surface area (Å²) >= 11 is 1.13. The Balaban J connectivity index is 1.26. The van der Waals surface area contributed by atoms with Crippen molar-refractivity contribution >= 4 is 62.4 Å². The number of hydrogen-bond acceptors (Lipinski definition) is 8. The third-order valence-electron chi connectivity index (χ3n) is 9.50. The molecule has 2 N–H and O–H groups in total. The minimum Gasteiger partial charge on any atom is -0.457 e. The SMILES string of the molecule is CC(=O)N1CCC[C@@H]1/C=C(\C#N)C(=O)N1CCC[C@@H](N2C(=O)N(c3ccc(Oc4ccccc4)cc3C)c3ccnc4sc(C(N)=O)c2c34)C1. The summed E-state index contributed by atoms with van der Waals surface area (Å²) in [6.45, 7) is 4.49. The molecule has 0 unspecified atom stereocenters. The lowest BCUT2D eigenvalue weighted by Gasteiger charge is -2.43. The zero-order valence-electron chi connectivity index (χ0n) is 27.7. The van der Waals surface area contributed by atoms with E-state index in [9.17, 15) is 24.4 Å². The van der Waals surface area contributed by atoms with Crippen molar-refractivity contribution in [2.75, 3.05) is 29.4 Å². The number of urea groups is 1. The number of thiophene rings is 1. The fraction of sp³-hybridized carbons (Fsp3) is 0.297. The van der Waals surface area contributed by atoms with Gasteiger partial charge in [0.15, 0.2) is 0 Å². The van der Waals surface area contributed by atoms with E-state index in [-0.39, 0.29) is 28.9 Å². The molecule has 0 bridgehead atoms. The zero-order chi connectivity index (χ0) is 35.1. The average molecular weight is 690 g/mol. The fourth-order valence-electron chi connectivity index (χ4n) is 7.25. The second-order valence-electron chi connectivity index (χ2n) is 12.7. The van der Waals surface area contributed by atoms with Crippen LogP contribution in [0.3, 0.4) is 0 Å². The van der Waals surface area contributed by atoms with Crippen molar-refractivity contribution in [2.24, 2.45) is 5.73 Å². The third kappa shape index (κ3) is 5.81. The van der Waals surface area contributed by atoms with Gasteiger partial charge in [-0.3, -0.25) is 24.2 Å². The van der Waals surface area contributed by atoms with Crippen LogP contribution in [0, 0.1) is 18.3 Å². The van der Waals surface area contributed by atoms with Crippen LogP contribution in [-0.2, 0) is 9.59 Å². The molecule has 2 aromatic carbocycles. The lowest BCUT2D eigenvalue weighted by Crippen LogP contribution is -2.56. The molecule has 254 valence electrons. The Morgan fingerprint density at radius 3 is 2.54 bits per heavy atom. The highest BCUT2D eigenvalue weighted by molar-refractivity contribution is 7.21. The molecule has 50 heavy (non-hydrogen) atoms. The Bertz CT molecular complexity index is 2110. The number of nitriles is 1. The summed E-state index contributed by atoms with van der Waals surface area (Å²) in [7, 11) is 0. The van der Waals surface area contributed by atoms with Crippen molar-refractivity contribution in [3.05, 3.63) is 82.9 Å². The molecule has 13 heteroatoms. The van der Waals surface area contributed by atoms with Gasteiger partial charge in [-0.15, -0.1) is 11.3 Å². The molecule has 2 saturated heterocycles. The maximum atomic E-state index is 14.9. The number of likely N-dealkylation sites (tertiary alicyclic amines) is 2. The van der Waals surface area contributed by atoms with Crippen molar-refractivity contribution in [2.45, 2.75) is 51.6 Å². The Labute approximate surface area is 292 Å². The molecule has 5 heterocycles. The number of nitrogens with zero attached hydrogens (tertiary/aromatic N) is 6. The monoisotopic (exact) mass is 689 g/mol. The van der Waals surface area contributed by atoms with Crippen molar-refractivity contribution in [3.8, 4) is 17.6 Å². The van der Waals surface area contributed by atoms with Gasteiger partial charge in [0.25, 0.3) is 11.8 Å². The molecule has 3 aliphatic rings. The lowest BCUT2D eigenvalue weighted by atomic mass is 9.99. The van der Waals surface area contributed by atoms with Crippen LogP contribution >= 0.6 is 11.3 Å². The number of piperidine rings is 1. The first-order chi connectivity index (χ1) is 24.2. The van der Waals surface area contributed by atoms with Gasteiger partial charge in [-0.1, -0.05) is 18.2 Å². The van der Waals surface area contributed by atoms with Gasteiger partial charge in [-0.25, -0.2) is 9.78 Å². The van der Waals surface area contributed by atoms with Gasteiger partial charge in [0.05, 0.1) is 34.5 Å². The Kier molecular flexibility index (Phi) is 8.71. The van der Waals surface area contributed by atoms with Crippen LogP contribution in [0.4, 0.5) is 21.9 Å². The maximum absolute atomic E-state index is 14.9. The standard InChI is InChI=1S/C37H35N7O5S/c1-22-18-28(49-27-10-4-3-5-11-27)12-13-29(22)44-30-14-15-40-35-31(30)32(33(50-35)34(39)46)43(37(44)48)26-9-6-16-41(21-26)36(47)24(20-38)19-25-8-7-17-42(25)23(2)45/h3-5,10-15,18-19,25-26H,6-9,16-17,21H2,1-2H3,(H2,39,46)/b24-19+/t25-,26-/m1/s1. The molecule has 2 aromatic heterocycles. The number of aryl methyl sites for hydroxylation is 1. The number of anilines is 3. The van der Waals surface area contributed by atoms with Gasteiger partial charge in [0.2, 0.25) is 5.91 Å². The number of pyridine rings is 1. The number of rotatable bonds is 7. The van der Waals surface area contributed by atoms with E-state index >= 15 is 0 Å². The molecule has 12 nitrogen and oxygen atoms in total. The highest BCUT2D eigenvalue weighted by Crippen LogP contribution is 2.50. The second kappa shape index (κ2) is 13.3. The lowest BCUT2D eigenvalue weighted by molar-refractivity contribution is -0.129. The molecule has 2 fully saturated rings. The summed E-state index contributed by atoms with van der Waals surface area (Å²) in [6, 6.07) is 17.5. The number of nitrogens with two attached hydrogens (primary N) is 1. The predicted octanol–water partition coefficient (Wildman–Crippen LogP) is 6.03. The van der Waals surface area contributed by atoms with E-state index in [1.54, 1.807) is 44.0 Å². The van der Waals surface area contributed by atoms with Gasteiger partial charge in [-0.05, 0) is 80.6 Å². The number of aromatic nitrogens is 1. The molecular formula is C37H35N7O5S. The Morgan fingerprint density at radius 1 is 1.04 bits per heavy atom. The smallest absolute Gasteiger partial charge is 0.334 e. The number of para-hydroxylation sites is 1. The molecule has 0 aliphatic carbocycles. The summed E-state index contributed by atoms with van der Waals surface area (Å²) in [4.78, 5) is 65.5. The average Bonchev–Trinajstić information content (AvgIpc) is 3.74. The number of benzene rings is 2. The fourth-order valence-corrected chi connectivity index (χ4v) is 8.25. The summed E-state index contributed by atoms with van der Waals surface area (Å²) in [5, 5.41) is 10.7. The number of carbonyl (C=O) groups is 4. The van der Waals surface area contributed by atoms with E-state index in [1.807, 2.05) is 49.4 Å². The first kappa shape index (κ1) is 32.8. The minimum absolute atomic E-state index is 0.0332. The van der Waals surface area contributed by atoms with E-state index < -0.39 is 23.9 Å². The van der Waals surface area contributed by atoms with Gasteiger partial charge < -0.3 is 20.3 Å². The van der Waals surface area contributed by atoms with Crippen LogP contribution in [0.25, 0.3) is 10.2 Å². The summed E-state index contributed by atoms with van der Waals surface area (Å²) in [6.07, 6.45) is 5.78. The highest BCUT2D eigenvalue weighted by atomic mass is 32.1. The minimum atomic E-state index is -0.677. The first-order valence-corrected chi connectivity index (χ1v) is 17.3. The zero-order valence-corrected chi connectivity index (χ0v) is 28.5. The maximum Gasteiger partial charge on any atom is 0.334 e. The molecule has 4 aromatic rings. The summed E-state index contributed by atoms with van der Waals surface area (Å²) < 4.78 is 6.05. The van der Waals surface area contributed by atoms with Gasteiger partial charge in [0, 0.05) is 32.8 Å². The summed E-state index contributed by atoms with van der Waals surface area (Å²) in [5.41, 5.74) is 8.23. The van der Waals surface area contributed by atoms with Crippen LogP contribution < -0.4 is 20.3 Å². The van der Waals surface area contributed by atoms with E-state index in [2.05, 4.69) is 11.1 Å². The van der Waals surface area contributed by atoms with Gasteiger partial charge >= 0.3 is 6.03 Å². The molecule has 2 atom stereocenters. The molecule has 7 rings (SSSR count). The largest absolute Gasteiger partial charge is 0.457 e. The molecule has 0 spiro atoms. The van der Waals surface area contributed by atoms with E-state index in [1.165, 1.54) is 6.92 Å². The van der Waals surface area contributed by atoms with E-state index in [0.717, 1.165) is 23.3 Å². The second-order valence-corrected chi connectivity index (χ2v) is 13.7. The predicted molar refractivity (Wildman–Crippen MR) is 190 cm³/mol. The van der Waals surface area contributed by atoms with Crippen molar-refractivity contribution in [1.29, 1.82) is 5.26 Å². The molecule has 0 saturated carbocycles. The van der Waals surface area contributed by atoms with Gasteiger partial charge in [-0.2, -0.15) is 5.26 Å². The van der Waals surface area contributed by atoms with Crippen LogP contribution in [0.2, 0.25) is 0 Å². The topological polar surface area (TPSA) is 153 Å². The normalized spacial score (nSPS) is 19.1. The Hall–Kier alpha value is -5.74. The summed E-state index contributed by atoms with van der Waals surface area (Å²) in [5.74, 6) is 0.0613. The number of hydrogen-bond donors (Lipinski definition) is 1. The van der Waals surface area contributed by atoms with E-state index in [4.69, 9.17) is 10.5 Å². The van der Waals surface area contributed by atoms with Crippen LogP contribution in [0.5, 0.6) is 11.5 Å². The van der Waals surface area contributed by atoms with Crippen LogP contribution in [-0.4, -0.2) is 70.3 Å². The van der Waals surface area contributed by atoms with Crippen LogP contribution in [0.15, 0.2) is 72.4 Å². The van der Waals surface area contributed by atoms with Crippen molar-refractivity contribution < 1.29 is 23.9 Å². The molecule has 3 aliphatic heterocycles. The number of ether oxygens (including phenoxy) is 1. The Morgan fingerprint density at radius 2 is 1.82 bits per heavy atom. The van der Waals surface area contributed by atoms with Crippen molar-refractivity contribution in [3.63, 3.8) is 0 Å². The molecule has 0 radical (unpaired) electrons. The number of primary amides is 1. The quantitative estimate of drug-likeness (QED) is 0.184. The van der Waals surface area contributed by atoms with Crippen molar-refractivity contribution in [1.82, 2.24) is 14.8 Å². The number of amides is 5. The highest BCUT2D eigenvalue weighted by Gasteiger charge is 2.43. The van der Waals surface area contributed by atoms with Crippen LogP contribution in [0.1, 0.15) is 47.8 Å². The number of carbonyl (C=O) groups excluding carboxylic acids is 4. The van der Waals surface area contributed by atoms with Gasteiger partial charge in [0.1, 0.15) is 32.8 Å².